The van der Waals surface area contributed by atoms with Crippen molar-refractivity contribution < 1.29 is 0 Å². The number of hydrogen-bond acceptors (Lipinski definition) is 3. The molecule has 1 saturated carbocycles. The molecule has 1 heterocycles. The third-order valence-electron chi connectivity index (χ3n) is 3.50. The van der Waals surface area contributed by atoms with Crippen molar-refractivity contribution in [1.29, 1.82) is 5.26 Å². The number of aryl methyl sites for hydroxylation is 1. The van der Waals surface area contributed by atoms with Crippen LogP contribution in [0, 0.1) is 18.3 Å². The second-order valence-electron chi connectivity index (χ2n) is 5.00. The molecule has 2 aromatic rings. The van der Waals surface area contributed by atoms with Crippen molar-refractivity contribution in [1.82, 2.24) is 14.9 Å². The smallest absolute Gasteiger partial charge is 0.217 e. The molecule has 0 bridgehead atoms. The van der Waals surface area contributed by atoms with Gasteiger partial charge in [-0.15, -0.1) is 0 Å². The summed E-state index contributed by atoms with van der Waals surface area (Å²) in [6.07, 6.45) is 6.07. The molecule has 96 valence electrons. The molecule has 3 rings (SSSR count). The van der Waals surface area contributed by atoms with E-state index in [0.29, 0.717) is 5.82 Å². The van der Waals surface area contributed by atoms with Crippen LogP contribution in [-0.2, 0) is 6.54 Å². The van der Waals surface area contributed by atoms with Crippen molar-refractivity contribution in [3.63, 3.8) is 0 Å². The van der Waals surface area contributed by atoms with E-state index in [1.54, 1.807) is 6.20 Å². The third kappa shape index (κ3) is 2.51. The van der Waals surface area contributed by atoms with E-state index in [1.165, 1.54) is 24.0 Å². The topological polar surface area (TPSA) is 53.6 Å². The summed E-state index contributed by atoms with van der Waals surface area (Å²) in [5.74, 6) is 0.420. The largest absolute Gasteiger partial charge is 0.310 e. The first kappa shape index (κ1) is 11.9. The Kier molecular flexibility index (Phi) is 3.06. The molecule has 4 nitrogen and oxygen atoms in total. The average Bonchev–Trinajstić information content (AvgIpc) is 3.12. The molecule has 1 aromatic carbocycles. The van der Waals surface area contributed by atoms with Gasteiger partial charge in [0.25, 0.3) is 0 Å². The molecule has 1 aliphatic carbocycles. The highest BCUT2D eigenvalue weighted by Gasteiger charge is 2.20. The van der Waals surface area contributed by atoms with E-state index in [4.69, 9.17) is 5.26 Å². The number of aromatic nitrogens is 2. The Morgan fingerprint density at radius 1 is 1.47 bits per heavy atom. The number of imidazole rings is 1. The predicted octanol–water partition coefficient (Wildman–Crippen LogP) is 2.30. The minimum absolute atomic E-state index is 0.420. The van der Waals surface area contributed by atoms with Gasteiger partial charge in [-0.25, -0.2) is 4.98 Å². The standard InChI is InChI=1S/C15H16N4/c1-11-8-14(19-7-6-17-15(19)9-16)5-2-12(11)10-18-13-3-4-13/h2,5-8,13,18H,3-4,10H2,1H3. The minimum atomic E-state index is 0.420. The molecule has 4 heteroatoms. The maximum absolute atomic E-state index is 9.00. The number of nitrogens with zero attached hydrogens (tertiary/aromatic N) is 3. The summed E-state index contributed by atoms with van der Waals surface area (Å²) in [4.78, 5) is 4.02. The van der Waals surface area contributed by atoms with E-state index < -0.39 is 0 Å². The number of hydrogen-bond donors (Lipinski definition) is 1. The lowest BCUT2D eigenvalue weighted by Crippen LogP contribution is -2.16. The van der Waals surface area contributed by atoms with Gasteiger partial charge in [-0.05, 0) is 43.0 Å². The summed E-state index contributed by atoms with van der Waals surface area (Å²) in [6, 6.07) is 9.09. The first-order valence-corrected chi connectivity index (χ1v) is 6.54. The van der Waals surface area contributed by atoms with Gasteiger partial charge in [-0.3, -0.25) is 4.57 Å². The molecule has 0 spiro atoms. The maximum Gasteiger partial charge on any atom is 0.217 e. The van der Waals surface area contributed by atoms with Crippen molar-refractivity contribution in [2.24, 2.45) is 0 Å². The molecule has 1 N–H and O–H groups in total. The fraction of sp³-hybridized carbons (Fsp3) is 0.333. The van der Waals surface area contributed by atoms with Crippen LogP contribution < -0.4 is 5.32 Å². The highest BCUT2D eigenvalue weighted by atomic mass is 15.1. The molecule has 0 aliphatic heterocycles. The molecule has 1 fully saturated rings. The Bertz CT molecular complexity index is 632. The zero-order chi connectivity index (χ0) is 13.2. The fourth-order valence-corrected chi connectivity index (χ4v) is 2.16. The van der Waals surface area contributed by atoms with Gasteiger partial charge in [-0.2, -0.15) is 5.26 Å². The van der Waals surface area contributed by atoms with E-state index in [2.05, 4.69) is 35.4 Å². The van der Waals surface area contributed by atoms with E-state index in [0.717, 1.165) is 18.3 Å². The van der Waals surface area contributed by atoms with E-state index >= 15 is 0 Å². The summed E-state index contributed by atoms with van der Waals surface area (Å²) >= 11 is 0. The van der Waals surface area contributed by atoms with Gasteiger partial charge in [0.05, 0.1) is 0 Å². The maximum atomic E-state index is 9.00. The van der Waals surface area contributed by atoms with Crippen LogP contribution in [0.1, 0.15) is 29.8 Å². The van der Waals surface area contributed by atoms with Gasteiger partial charge in [-0.1, -0.05) is 6.07 Å². The quantitative estimate of drug-likeness (QED) is 0.908. The summed E-state index contributed by atoms with van der Waals surface area (Å²) in [5, 5.41) is 12.5. The SMILES string of the molecule is Cc1cc(-n2ccnc2C#N)ccc1CNC1CC1. The van der Waals surface area contributed by atoms with E-state index in [1.807, 2.05) is 16.8 Å². The lowest BCUT2D eigenvalue weighted by Gasteiger charge is -2.10. The Hall–Kier alpha value is -2.12. The Morgan fingerprint density at radius 2 is 2.32 bits per heavy atom. The number of benzene rings is 1. The molecule has 0 atom stereocenters. The van der Waals surface area contributed by atoms with E-state index in [-0.39, 0.29) is 0 Å². The lowest BCUT2D eigenvalue weighted by atomic mass is 10.1. The zero-order valence-corrected chi connectivity index (χ0v) is 10.9. The number of nitrogens with one attached hydrogen (secondary N) is 1. The number of rotatable bonds is 4. The van der Waals surface area contributed by atoms with Gasteiger partial charge >= 0.3 is 0 Å². The summed E-state index contributed by atoms with van der Waals surface area (Å²) in [5.41, 5.74) is 3.54. The van der Waals surface area contributed by atoms with Crippen LogP contribution in [0.2, 0.25) is 0 Å². The van der Waals surface area contributed by atoms with Crippen molar-refractivity contribution in [2.45, 2.75) is 32.4 Å². The zero-order valence-electron chi connectivity index (χ0n) is 10.9. The van der Waals surface area contributed by atoms with Crippen LogP contribution in [0.5, 0.6) is 0 Å². The molecular weight excluding hydrogens is 236 g/mol. The molecule has 0 saturated heterocycles. The van der Waals surface area contributed by atoms with Crippen LogP contribution in [0.3, 0.4) is 0 Å². The van der Waals surface area contributed by atoms with Crippen LogP contribution in [0.25, 0.3) is 5.69 Å². The van der Waals surface area contributed by atoms with E-state index in [9.17, 15) is 0 Å². The molecule has 1 aromatic heterocycles. The minimum Gasteiger partial charge on any atom is -0.310 e. The molecule has 1 aliphatic rings. The monoisotopic (exact) mass is 252 g/mol. The van der Waals surface area contributed by atoms with Crippen molar-refractivity contribution in [3.05, 3.63) is 47.5 Å². The second-order valence-corrected chi connectivity index (χ2v) is 5.00. The van der Waals surface area contributed by atoms with Gasteiger partial charge in [0.15, 0.2) is 0 Å². The van der Waals surface area contributed by atoms with Crippen LogP contribution in [0.15, 0.2) is 30.6 Å². The highest BCUT2D eigenvalue weighted by Crippen LogP contribution is 2.21. The van der Waals surface area contributed by atoms with Crippen LogP contribution >= 0.6 is 0 Å². The molecule has 0 unspecified atom stereocenters. The predicted molar refractivity (Wildman–Crippen MR) is 72.9 cm³/mol. The molecule has 0 radical (unpaired) electrons. The Morgan fingerprint density at radius 3 is 3.00 bits per heavy atom. The Labute approximate surface area is 112 Å². The molecule has 19 heavy (non-hydrogen) atoms. The van der Waals surface area contributed by atoms with Gasteiger partial charge in [0, 0.05) is 30.7 Å². The van der Waals surface area contributed by atoms with Crippen LogP contribution in [0.4, 0.5) is 0 Å². The summed E-state index contributed by atoms with van der Waals surface area (Å²) < 4.78 is 1.81. The normalized spacial score (nSPS) is 14.3. The summed E-state index contributed by atoms with van der Waals surface area (Å²) in [6.45, 7) is 3.03. The Balaban J connectivity index is 1.84. The highest BCUT2D eigenvalue weighted by molar-refractivity contribution is 5.42. The first-order chi connectivity index (χ1) is 9.28. The van der Waals surface area contributed by atoms with Gasteiger partial charge in [0.1, 0.15) is 6.07 Å². The molecule has 0 amide bonds. The van der Waals surface area contributed by atoms with Crippen molar-refractivity contribution >= 4 is 0 Å². The first-order valence-electron chi connectivity index (χ1n) is 6.54. The fourth-order valence-electron chi connectivity index (χ4n) is 2.16. The average molecular weight is 252 g/mol. The van der Waals surface area contributed by atoms with Gasteiger partial charge in [0.2, 0.25) is 5.82 Å². The van der Waals surface area contributed by atoms with Crippen molar-refractivity contribution in [3.8, 4) is 11.8 Å². The molecular formula is C15H16N4. The second kappa shape index (κ2) is 4.87. The van der Waals surface area contributed by atoms with Crippen molar-refractivity contribution in [2.75, 3.05) is 0 Å². The third-order valence-corrected chi connectivity index (χ3v) is 3.50. The lowest BCUT2D eigenvalue weighted by molar-refractivity contribution is 0.685. The van der Waals surface area contributed by atoms with Crippen LogP contribution in [-0.4, -0.2) is 15.6 Å². The van der Waals surface area contributed by atoms with Gasteiger partial charge < -0.3 is 5.32 Å². The number of nitriles is 1. The summed E-state index contributed by atoms with van der Waals surface area (Å²) in [7, 11) is 0.